The Kier molecular flexibility index (Phi) is 9.66. The molecule has 1 aromatic carbocycles. The van der Waals surface area contributed by atoms with Gasteiger partial charge in [-0.15, -0.1) is 0 Å². The zero-order valence-electron chi connectivity index (χ0n) is 18.9. The molecule has 156 valence electrons. The molecular formula is C24H43NO2. The van der Waals surface area contributed by atoms with Crippen molar-refractivity contribution in [3.05, 3.63) is 23.8 Å². The smallest absolute Gasteiger partial charge is 0.142 e. The van der Waals surface area contributed by atoms with Gasteiger partial charge in [0.15, 0.2) is 0 Å². The molecule has 0 bridgehead atoms. The molecule has 0 heterocycles. The number of nitrogen functional groups attached to an aromatic ring is 1. The SMILES string of the molecule is CCCCCCCCC(C(C)(C)C)C(C)(C)OCc1ccc(N)c(OC)c1. The van der Waals surface area contributed by atoms with Gasteiger partial charge in [0.1, 0.15) is 5.75 Å². The number of hydrogen-bond acceptors (Lipinski definition) is 3. The minimum atomic E-state index is -0.184. The molecule has 0 radical (unpaired) electrons. The molecule has 0 fully saturated rings. The van der Waals surface area contributed by atoms with E-state index in [1.54, 1.807) is 7.11 Å². The van der Waals surface area contributed by atoms with E-state index in [0.29, 0.717) is 24.0 Å². The summed E-state index contributed by atoms with van der Waals surface area (Å²) in [5, 5.41) is 0. The molecule has 1 atom stereocenters. The van der Waals surface area contributed by atoms with Crippen molar-refractivity contribution in [3.63, 3.8) is 0 Å². The number of anilines is 1. The third-order valence-electron chi connectivity index (χ3n) is 5.64. The Morgan fingerprint density at radius 3 is 2.19 bits per heavy atom. The van der Waals surface area contributed by atoms with Gasteiger partial charge in [-0.3, -0.25) is 0 Å². The molecule has 27 heavy (non-hydrogen) atoms. The lowest BCUT2D eigenvalue weighted by molar-refractivity contribution is -0.104. The molecule has 0 aliphatic heterocycles. The maximum Gasteiger partial charge on any atom is 0.142 e. The number of benzene rings is 1. The monoisotopic (exact) mass is 377 g/mol. The van der Waals surface area contributed by atoms with Crippen LogP contribution < -0.4 is 10.5 Å². The molecule has 0 amide bonds. The summed E-state index contributed by atoms with van der Waals surface area (Å²) >= 11 is 0. The number of ether oxygens (including phenoxy) is 2. The standard InChI is InChI=1S/C24H43NO2/c1-8-9-10-11-12-13-14-22(23(2,3)4)24(5,6)27-18-19-15-16-20(25)21(17-19)26-7/h15-17,22H,8-14,18,25H2,1-7H3. The molecule has 3 nitrogen and oxygen atoms in total. The predicted octanol–water partition coefficient (Wildman–Crippen LogP) is 6.99. The van der Waals surface area contributed by atoms with Crippen LogP contribution in [0.5, 0.6) is 5.75 Å². The first kappa shape index (κ1) is 23.8. The maximum atomic E-state index is 6.44. The molecule has 0 saturated carbocycles. The molecule has 1 rings (SSSR count). The van der Waals surface area contributed by atoms with Crippen LogP contribution in [0.3, 0.4) is 0 Å². The second-order valence-corrected chi connectivity index (χ2v) is 9.44. The van der Waals surface area contributed by atoms with Crippen LogP contribution in [0, 0.1) is 11.3 Å². The summed E-state index contributed by atoms with van der Waals surface area (Å²) < 4.78 is 11.8. The highest BCUT2D eigenvalue weighted by molar-refractivity contribution is 5.53. The first-order valence-electron chi connectivity index (χ1n) is 10.7. The van der Waals surface area contributed by atoms with E-state index in [1.165, 1.54) is 44.9 Å². The molecule has 0 aromatic heterocycles. The number of nitrogens with two attached hydrogens (primary N) is 1. The Bertz CT molecular complexity index is 546. The van der Waals surface area contributed by atoms with Gasteiger partial charge in [0, 0.05) is 0 Å². The van der Waals surface area contributed by atoms with Crippen LogP contribution in [0.15, 0.2) is 18.2 Å². The van der Waals surface area contributed by atoms with Crippen molar-refractivity contribution in [2.45, 2.75) is 98.7 Å². The predicted molar refractivity (Wildman–Crippen MR) is 117 cm³/mol. The highest BCUT2D eigenvalue weighted by Crippen LogP contribution is 2.41. The quantitative estimate of drug-likeness (QED) is 0.315. The molecule has 0 saturated heterocycles. The van der Waals surface area contributed by atoms with E-state index in [9.17, 15) is 0 Å². The average Bonchev–Trinajstić information content (AvgIpc) is 2.59. The molecule has 3 heteroatoms. The maximum absolute atomic E-state index is 6.44. The van der Waals surface area contributed by atoms with Crippen molar-refractivity contribution < 1.29 is 9.47 Å². The molecule has 2 N–H and O–H groups in total. The Hall–Kier alpha value is -1.22. The summed E-state index contributed by atoms with van der Waals surface area (Å²) in [6.07, 6.45) is 9.23. The van der Waals surface area contributed by atoms with E-state index in [2.05, 4.69) is 41.5 Å². The highest BCUT2D eigenvalue weighted by atomic mass is 16.5. The van der Waals surface area contributed by atoms with Crippen LogP contribution in [0.25, 0.3) is 0 Å². The fraction of sp³-hybridized carbons (Fsp3) is 0.750. The van der Waals surface area contributed by atoms with Gasteiger partial charge in [0.25, 0.3) is 0 Å². The number of methoxy groups -OCH3 is 1. The average molecular weight is 378 g/mol. The number of hydrogen-bond donors (Lipinski definition) is 1. The van der Waals surface area contributed by atoms with E-state index < -0.39 is 0 Å². The molecule has 0 aliphatic rings. The van der Waals surface area contributed by atoms with Crippen LogP contribution in [0.2, 0.25) is 0 Å². The van der Waals surface area contributed by atoms with E-state index in [-0.39, 0.29) is 11.0 Å². The van der Waals surface area contributed by atoms with Crippen LogP contribution in [-0.4, -0.2) is 12.7 Å². The number of unbranched alkanes of at least 4 members (excludes halogenated alkanes) is 5. The lowest BCUT2D eigenvalue weighted by Gasteiger charge is -2.43. The Morgan fingerprint density at radius 2 is 1.59 bits per heavy atom. The van der Waals surface area contributed by atoms with Gasteiger partial charge in [-0.25, -0.2) is 0 Å². The third kappa shape index (κ3) is 8.13. The minimum absolute atomic E-state index is 0.184. The van der Waals surface area contributed by atoms with Crippen molar-refractivity contribution in [1.82, 2.24) is 0 Å². The second kappa shape index (κ2) is 10.9. The Labute approximate surface area is 168 Å². The summed E-state index contributed by atoms with van der Waals surface area (Å²) in [5.74, 6) is 1.22. The van der Waals surface area contributed by atoms with Crippen molar-refractivity contribution in [3.8, 4) is 5.75 Å². The van der Waals surface area contributed by atoms with E-state index in [1.807, 2.05) is 18.2 Å². The third-order valence-corrected chi connectivity index (χ3v) is 5.64. The molecule has 0 spiro atoms. The molecule has 0 aliphatic carbocycles. The Balaban J connectivity index is 2.67. The van der Waals surface area contributed by atoms with E-state index in [0.717, 1.165) is 5.56 Å². The van der Waals surface area contributed by atoms with Crippen LogP contribution in [0.1, 0.15) is 92.1 Å². The van der Waals surface area contributed by atoms with Crippen molar-refractivity contribution in [2.75, 3.05) is 12.8 Å². The normalized spacial score (nSPS) is 13.6. The number of rotatable bonds is 12. The van der Waals surface area contributed by atoms with Crippen molar-refractivity contribution in [1.29, 1.82) is 0 Å². The van der Waals surface area contributed by atoms with Gasteiger partial charge in [-0.2, -0.15) is 0 Å². The summed E-state index contributed by atoms with van der Waals surface area (Å²) in [5.41, 5.74) is 7.71. The summed E-state index contributed by atoms with van der Waals surface area (Å²) in [6.45, 7) is 14.4. The van der Waals surface area contributed by atoms with Crippen molar-refractivity contribution >= 4 is 5.69 Å². The first-order chi connectivity index (χ1) is 12.6. The molecular weight excluding hydrogens is 334 g/mol. The zero-order chi connectivity index (χ0) is 20.5. The minimum Gasteiger partial charge on any atom is -0.495 e. The largest absolute Gasteiger partial charge is 0.495 e. The lowest BCUT2D eigenvalue weighted by atomic mass is 9.69. The van der Waals surface area contributed by atoms with Crippen LogP contribution >= 0.6 is 0 Å². The van der Waals surface area contributed by atoms with Crippen LogP contribution in [0.4, 0.5) is 5.69 Å². The van der Waals surface area contributed by atoms with Crippen LogP contribution in [-0.2, 0) is 11.3 Å². The summed E-state index contributed by atoms with van der Waals surface area (Å²) in [7, 11) is 1.65. The summed E-state index contributed by atoms with van der Waals surface area (Å²) in [6, 6.07) is 5.89. The molecule has 1 unspecified atom stereocenters. The molecule has 1 aromatic rings. The summed E-state index contributed by atoms with van der Waals surface area (Å²) in [4.78, 5) is 0. The van der Waals surface area contributed by atoms with Gasteiger partial charge < -0.3 is 15.2 Å². The van der Waals surface area contributed by atoms with E-state index >= 15 is 0 Å². The van der Waals surface area contributed by atoms with Gasteiger partial charge in [-0.05, 0) is 49.3 Å². The lowest BCUT2D eigenvalue weighted by Crippen LogP contribution is -2.42. The first-order valence-corrected chi connectivity index (χ1v) is 10.7. The zero-order valence-corrected chi connectivity index (χ0v) is 18.9. The van der Waals surface area contributed by atoms with Gasteiger partial charge in [0.2, 0.25) is 0 Å². The highest BCUT2D eigenvalue weighted by Gasteiger charge is 2.38. The van der Waals surface area contributed by atoms with Gasteiger partial charge >= 0.3 is 0 Å². The Morgan fingerprint density at radius 1 is 0.963 bits per heavy atom. The fourth-order valence-electron chi connectivity index (χ4n) is 4.17. The fourth-order valence-corrected chi connectivity index (χ4v) is 4.17. The van der Waals surface area contributed by atoms with Crippen molar-refractivity contribution in [2.24, 2.45) is 11.3 Å². The van der Waals surface area contributed by atoms with E-state index in [4.69, 9.17) is 15.2 Å². The van der Waals surface area contributed by atoms with Gasteiger partial charge in [-0.1, -0.05) is 72.3 Å². The topological polar surface area (TPSA) is 44.5 Å². The van der Waals surface area contributed by atoms with Gasteiger partial charge in [0.05, 0.1) is 25.0 Å². The second-order valence-electron chi connectivity index (χ2n) is 9.44.